The lowest BCUT2D eigenvalue weighted by atomic mass is 10.3. The first kappa shape index (κ1) is 7.92. The molecule has 60 valence electrons. The first-order valence-corrected chi connectivity index (χ1v) is 3.86. The largest absolute Gasteiger partial charge is 0.508 e. The fourth-order valence-corrected chi connectivity index (χ4v) is 0.885. The summed E-state index contributed by atoms with van der Waals surface area (Å²) < 4.78 is 0. The topological polar surface area (TPSA) is 32.3 Å². The van der Waals surface area contributed by atoms with Gasteiger partial charge in [-0.25, -0.2) is 0 Å². The summed E-state index contributed by atoms with van der Waals surface area (Å²) in [6.07, 6.45) is 1.09. The van der Waals surface area contributed by atoms with Gasteiger partial charge in [-0.15, -0.1) is 0 Å². The Morgan fingerprint density at radius 2 is 2.27 bits per heavy atom. The van der Waals surface area contributed by atoms with Crippen molar-refractivity contribution >= 4 is 5.69 Å². The molecule has 1 aromatic carbocycles. The number of phenolic OH excluding ortho intramolecular Hbond substituents is 1. The van der Waals surface area contributed by atoms with E-state index in [1.54, 1.807) is 12.1 Å². The van der Waals surface area contributed by atoms with Gasteiger partial charge in [0.15, 0.2) is 0 Å². The molecule has 2 heteroatoms. The van der Waals surface area contributed by atoms with Gasteiger partial charge in [0.1, 0.15) is 5.75 Å². The van der Waals surface area contributed by atoms with E-state index >= 15 is 0 Å². The minimum Gasteiger partial charge on any atom is -0.508 e. The van der Waals surface area contributed by atoms with Crippen LogP contribution in [0.15, 0.2) is 24.3 Å². The van der Waals surface area contributed by atoms with Crippen LogP contribution in [0.3, 0.4) is 0 Å². The van der Waals surface area contributed by atoms with Crippen molar-refractivity contribution in [3.8, 4) is 5.75 Å². The molecule has 0 unspecified atom stereocenters. The van der Waals surface area contributed by atoms with Gasteiger partial charge in [-0.3, -0.25) is 0 Å². The molecule has 0 amide bonds. The quantitative estimate of drug-likeness (QED) is 0.694. The van der Waals surface area contributed by atoms with Gasteiger partial charge in [0, 0.05) is 18.3 Å². The van der Waals surface area contributed by atoms with Crippen molar-refractivity contribution in [3.05, 3.63) is 24.3 Å². The Bertz CT molecular complexity index is 223. The second kappa shape index (κ2) is 3.86. The fraction of sp³-hybridized carbons (Fsp3) is 0.333. The molecule has 0 saturated heterocycles. The molecule has 0 aliphatic rings. The van der Waals surface area contributed by atoms with Gasteiger partial charge in [0.2, 0.25) is 0 Å². The second-order valence-electron chi connectivity index (χ2n) is 2.48. The van der Waals surface area contributed by atoms with E-state index in [-0.39, 0.29) is 0 Å². The highest BCUT2D eigenvalue weighted by molar-refractivity contribution is 5.47. The molecule has 0 atom stereocenters. The zero-order valence-electron chi connectivity index (χ0n) is 6.67. The van der Waals surface area contributed by atoms with E-state index in [0.717, 1.165) is 18.7 Å². The molecule has 0 bridgehead atoms. The zero-order valence-corrected chi connectivity index (χ0v) is 6.67. The Hall–Kier alpha value is -1.18. The predicted octanol–water partition coefficient (Wildman–Crippen LogP) is 2.21. The lowest BCUT2D eigenvalue weighted by molar-refractivity contribution is 0.475. The Morgan fingerprint density at radius 1 is 1.45 bits per heavy atom. The van der Waals surface area contributed by atoms with Crippen LogP contribution in [0.5, 0.6) is 5.75 Å². The SMILES string of the molecule is CCCNc1cccc(O)c1. The van der Waals surface area contributed by atoms with E-state index in [0.29, 0.717) is 5.75 Å². The van der Waals surface area contributed by atoms with Gasteiger partial charge in [-0.2, -0.15) is 0 Å². The molecule has 0 radical (unpaired) electrons. The van der Waals surface area contributed by atoms with E-state index in [1.165, 1.54) is 0 Å². The normalized spacial score (nSPS) is 9.55. The van der Waals surface area contributed by atoms with Crippen LogP contribution >= 0.6 is 0 Å². The second-order valence-corrected chi connectivity index (χ2v) is 2.48. The number of hydrogen-bond donors (Lipinski definition) is 2. The van der Waals surface area contributed by atoms with Crippen molar-refractivity contribution in [1.29, 1.82) is 0 Å². The number of benzene rings is 1. The number of nitrogens with one attached hydrogen (secondary N) is 1. The smallest absolute Gasteiger partial charge is 0.117 e. The van der Waals surface area contributed by atoms with Gasteiger partial charge in [0.25, 0.3) is 0 Å². The fourth-order valence-electron chi connectivity index (χ4n) is 0.885. The number of anilines is 1. The third-order valence-corrected chi connectivity index (χ3v) is 1.43. The molecule has 0 aromatic heterocycles. The van der Waals surface area contributed by atoms with Crippen LogP contribution < -0.4 is 5.32 Å². The summed E-state index contributed by atoms with van der Waals surface area (Å²) in [4.78, 5) is 0. The monoisotopic (exact) mass is 151 g/mol. The molecule has 11 heavy (non-hydrogen) atoms. The summed E-state index contributed by atoms with van der Waals surface area (Å²) in [6, 6.07) is 7.15. The number of rotatable bonds is 3. The van der Waals surface area contributed by atoms with Crippen molar-refractivity contribution in [3.63, 3.8) is 0 Å². The van der Waals surface area contributed by atoms with E-state index in [1.807, 2.05) is 12.1 Å². The van der Waals surface area contributed by atoms with Gasteiger partial charge in [-0.05, 0) is 18.6 Å². The molecular weight excluding hydrogens is 138 g/mol. The maximum atomic E-state index is 9.07. The molecule has 1 aromatic rings. The van der Waals surface area contributed by atoms with E-state index in [4.69, 9.17) is 5.11 Å². The van der Waals surface area contributed by atoms with Crippen molar-refractivity contribution < 1.29 is 5.11 Å². The first-order chi connectivity index (χ1) is 5.33. The molecule has 2 nitrogen and oxygen atoms in total. The maximum Gasteiger partial charge on any atom is 0.117 e. The molecule has 0 fully saturated rings. The maximum absolute atomic E-state index is 9.07. The summed E-state index contributed by atoms with van der Waals surface area (Å²) in [7, 11) is 0. The highest BCUT2D eigenvalue weighted by atomic mass is 16.3. The standard InChI is InChI=1S/C9H13NO/c1-2-6-10-8-4-3-5-9(11)7-8/h3-5,7,10-11H,2,6H2,1H3. The highest BCUT2D eigenvalue weighted by Crippen LogP contribution is 2.14. The van der Waals surface area contributed by atoms with Crippen LogP contribution in [0.25, 0.3) is 0 Å². The van der Waals surface area contributed by atoms with Crippen molar-refractivity contribution in [1.82, 2.24) is 0 Å². The predicted molar refractivity (Wildman–Crippen MR) is 46.9 cm³/mol. The summed E-state index contributed by atoms with van der Waals surface area (Å²) in [5.74, 6) is 0.311. The first-order valence-electron chi connectivity index (χ1n) is 3.86. The van der Waals surface area contributed by atoms with Gasteiger partial charge < -0.3 is 10.4 Å². The minimum atomic E-state index is 0.311. The zero-order chi connectivity index (χ0) is 8.10. The average Bonchev–Trinajstić information content (AvgIpc) is 2.01. The third-order valence-electron chi connectivity index (χ3n) is 1.43. The van der Waals surface area contributed by atoms with Crippen molar-refractivity contribution in [2.45, 2.75) is 13.3 Å². The molecule has 0 saturated carbocycles. The highest BCUT2D eigenvalue weighted by Gasteiger charge is 1.90. The average molecular weight is 151 g/mol. The van der Waals surface area contributed by atoms with Gasteiger partial charge in [-0.1, -0.05) is 13.0 Å². The Kier molecular flexibility index (Phi) is 2.78. The summed E-state index contributed by atoms with van der Waals surface area (Å²) in [5, 5.41) is 12.2. The lowest BCUT2D eigenvalue weighted by Gasteiger charge is -2.03. The minimum absolute atomic E-state index is 0.311. The Morgan fingerprint density at radius 3 is 2.91 bits per heavy atom. The van der Waals surface area contributed by atoms with E-state index < -0.39 is 0 Å². The molecule has 1 rings (SSSR count). The number of phenols is 1. The third kappa shape index (κ3) is 2.50. The van der Waals surface area contributed by atoms with Crippen molar-refractivity contribution in [2.24, 2.45) is 0 Å². The van der Waals surface area contributed by atoms with E-state index in [9.17, 15) is 0 Å². The lowest BCUT2D eigenvalue weighted by Crippen LogP contribution is -1.98. The van der Waals surface area contributed by atoms with Crippen LogP contribution in [0.4, 0.5) is 5.69 Å². The summed E-state index contributed by atoms with van der Waals surface area (Å²) in [6.45, 7) is 3.05. The molecule has 0 heterocycles. The number of hydrogen-bond acceptors (Lipinski definition) is 2. The molecular formula is C9H13NO. The Balaban J connectivity index is 2.56. The molecule has 0 spiro atoms. The van der Waals surface area contributed by atoms with Crippen LogP contribution in [0, 0.1) is 0 Å². The summed E-state index contributed by atoms with van der Waals surface area (Å²) in [5.41, 5.74) is 0.979. The van der Waals surface area contributed by atoms with E-state index in [2.05, 4.69) is 12.2 Å². The van der Waals surface area contributed by atoms with Crippen LogP contribution in [0.2, 0.25) is 0 Å². The summed E-state index contributed by atoms with van der Waals surface area (Å²) >= 11 is 0. The van der Waals surface area contributed by atoms with Gasteiger partial charge in [0.05, 0.1) is 0 Å². The molecule has 0 aliphatic carbocycles. The van der Waals surface area contributed by atoms with Crippen LogP contribution in [0.1, 0.15) is 13.3 Å². The van der Waals surface area contributed by atoms with Gasteiger partial charge >= 0.3 is 0 Å². The van der Waals surface area contributed by atoms with Crippen LogP contribution in [-0.2, 0) is 0 Å². The molecule has 2 N–H and O–H groups in total. The Labute approximate surface area is 66.9 Å². The van der Waals surface area contributed by atoms with Crippen molar-refractivity contribution in [2.75, 3.05) is 11.9 Å². The molecule has 0 aliphatic heterocycles. The van der Waals surface area contributed by atoms with Crippen LogP contribution in [-0.4, -0.2) is 11.7 Å². The number of aromatic hydroxyl groups is 1.